The Morgan fingerprint density at radius 1 is 1.37 bits per heavy atom. The molecule has 0 bridgehead atoms. The molecule has 19 heavy (non-hydrogen) atoms. The molecule has 0 aliphatic carbocycles. The van der Waals surface area contributed by atoms with Gasteiger partial charge in [0.2, 0.25) is 0 Å². The normalized spacial score (nSPS) is 12.1. The zero-order valence-corrected chi connectivity index (χ0v) is 10.6. The van der Waals surface area contributed by atoms with Crippen LogP contribution in [0.3, 0.4) is 0 Å². The number of nitrogen functional groups attached to an aromatic ring is 1. The third kappa shape index (κ3) is 2.42. The van der Waals surface area contributed by atoms with Gasteiger partial charge in [-0.3, -0.25) is 0 Å². The second kappa shape index (κ2) is 4.60. The quantitative estimate of drug-likeness (QED) is 0.934. The van der Waals surface area contributed by atoms with Gasteiger partial charge in [0.1, 0.15) is 0 Å². The molecule has 0 spiro atoms. The first-order valence-electron chi connectivity index (χ1n) is 5.79. The second-order valence-electron chi connectivity index (χ2n) is 4.22. The van der Waals surface area contributed by atoms with E-state index >= 15 is 0 Å². The van der Waals surface area contributed by atoms with E-state index in [1.807, 2.05) is 6.92 Å². The molecule has 2 N–H and O–H groups in total. The van der Waals surface area contributed by atoms with Gasteiger partial charge in [-0.05, 0) is 13.3 Å². The molecular formula is C11H14F3N5. The number of aryl methyl sites for hydroxylation is 2. The lowest BCUT2D eigenvalue weighted by molar-refractivity contribution is -0.137. The van der Waals surface area contributed by atoms with Crippen molar-refractivity contribution < 1.29 is 13.2 Å². The van der Waals surface area contributed by atoms with Gasteiger partial charge in [0.25, 0.3) is 0 Å². The van der Waals surface area contributed by atoms with Crippen molar-refractivity contribution >= 4 is 5.69 Å². The topological polar surface area (TPSA) is 61.7 Å². The highest BCUT2D eigenvalue weighted by atomic mass is 19.4. The van der Waals surface area contributed by atoms with Crippen molar-refractivity contribution in [1.82, 2.24) is 19.6 Å². The third-order valence-electron chi connectivity index (χ3n) is 2.71. The molecule has 2 aromatic heterocycles. The van der Waals surface area contributed by atoms with E-state index in [0.717, 1.165) is 23.5 Å². The summed E-state index contributed by atoms with van der Waals surface area (Å²) in [6.45, 7) is 4.22. The van der Waals surface area contributed by atoms with Crippen LogP contribution in [0.2, 0.25) is 0 Å². The molecular weight excluding hydrogens is 259 g/mol. The Bertz CT molecular complexity index is 582. The van der Waals surface area contributed by atoms with Gasteiger partial charge in [0.15, 0.2) is 5.82 Å². The molecule has 0 saturated heterocycles. The van der Waals surface area contributed by atoms with Crippen LogP contribution in [0.25, 0.3) is 5.82 Å². The molecule has 0 aliphatic rings. The van der Waals surface area contributed by atoms with Gasteiger partial charge in [-0.1, -0.05) is 6.92 Å². The molecule has 0 unspecified atom stereocenters. The standard InChI is InChI=1S/C11H14F3N5/c1-3-4-18-10(9(15)7(2)17-18)19-6-8(5-16-19)11(12,13)14/h5-6H,3-4,15H2,1-2H3. The molecule has 0 amide bonds. The fraction of sp³-hybridized carbons (Fsp3) is 0.455. The minimum Gasteiger partial charge on any atom is -0.394 e. The van der Waals surface area contributed by atoms with E-state index in [-0.39, 0.29) is 0 Å². The highest BCUT2D eigenvalue weighted by Gasteiger charge is 2.32. The Balaban J connectivity index is 2.49. The third-order valence-corrected chi connectivity index (χ3v) is 2.71. The lowest BCUT2D eigenvalue weighted by Gasteiger charge is -2.07. The Morgan fingerprint density at radius 2 is 2.05 bits per heavy atom. The van der Waals surface area contributed by atoms with Crippen LogP contribution >= 0.6 is 0 Å². The summed E-state index contributed by atoms with van der Waals surface area (Å²) < 4.78 is 40.4. The predicted molar refractivity (Wildman–Crippen MR) is 63.8 cm³/mol. The molecule has 8 heteroatoms. The minimum absolute atomic E-state index is 0.338. The molecule has 104 valence electrons. The van der Waals surface area contributed by atoms with Crippen molar-refractivity contribution in [3.63, 3.8) is 0 Å². The highest BCUT2D eigenvalue weighted by Crippen LogP contribution is 2.30. The van der Waals surface area contributed by atoms with E-state index in [1.54, 1.807) is 11.6 Å². The maximum atomic E-state index is 12.6. The number of rotatable bonds is 3. The van der Waals surface area contributed by atoms with Crippen LogP contribution in [0.1, 0.15) is 24.6 Å². The van der Waals surface area contributed by atoms with Crippen LogP contribution in [-0.2, 0) is 12.7 Å². The Kier molecular flexibility index (Phi) is 3.25. The first-order valence-corrected chi connectivity index (χ1v) is 5.79. The second-order valence-corrected chi connectivity index (χ2v) is 4.22. The van der Waals surface area contributed by atoms with Crippen LogP contribution in [0, 0.1) is 6.92 Å². The number of hydrogen-bond acceptors (Lipinski definition) is 3. The SMILES string of the molecule is CCCn1nc(C)c(N)c1-n1cc(C(F)(F)F)cn1. The number of anilines is 1. The van der Waals surface area contributed by atoms with Crippen LogP contribution in [0.15, 0.2) is 12.4 Å². The van der Waals surface area contributed by atoms with Crippen molar-refractivity contribution in [1.29, 1.82) is 0 Å². The van der Waals surface area contributed by atoms with Crippen molar-refractivity contribution in [2.24, 2.45) is 0 Å². The van der Waals surface area contributed by atoms with Gasteiger partial charge < -0.3 is 5.73 Å². The maximum absolute atomic E-state index is 12.6. The van der Waals surface area contributed by atoms with Gasteiger partial charge in [-0.2, -0.15) is 23.4 Å². The number of nitrogens with two attached hydrogens (primary N) is 1. The van der Waals surface area contributed by atoms with E-state index < -0.39 is 11.7 Å². The molecule has 2 rings (SSSR count). The largest absolute Gasteiger partial charge is 0.419 e. The summed E-state index contributed by atoms with van der Waals surface area (Å²) >= 11 is 0. The summed E-state index contributed by atoms with van der Waals surface area (Å²) in [6, 6.07) is 0. The van der Waals surface area contributed by atoms with Gasteiger partial charge in [-0.25, -0.2) is 9.36 Å². The molecule has 0 aromatic carbocycles. The number of aromatic nitrogens is 4. The molecule has 5 nitrogen and oxygen atoms in total. The average molecular weight is 273 g/mol. The zero-order valence-electron chi connectivity index (χ0n) is 10.6. The average Bonchev–Trinajstić information content (AvgIpc) is 2.86. The smallest absolute Gasteiger partial charge is 0.394 e. The number of hydrogen-bond donors (Lipinski definition) is 1. The van der Waals surface area contributed by atoms with Crippen molar-refractivity contribution in [3.8, 4) is 5.82 Å². The fourth-order valence-electron chi connectivity index (χ4n) is 1.78. The van der Waals surface area contributed by atoms with Gasteiger partial charge >= 0.3 is 6.18 Å². The number of halogens is 3. The summed E-state index contributed by atoms with van der Waals surface area (Å²) in [5, 5.41) is 7.92. The molecule has 0 aliphatic heterocycles. The molecule has 2 heterocycles. The van der Waals surface area contributed by atoms with Gasteiger partial charge in [-0.15, -0.1) is 0 Å². The lowest BCUT2D eigenvalue weighted by atomic mass is 10.3. The van der Waals surface area contributed by atoms with Crippen LogP contribution in [-0.4, -0.2) is 19.6 Å². The van der Waals surface area contributed by atoms with Crippen molar-refractivity contribution in [2.45, 2.75) is 33.0 Å². The molecule has 0 fully saturated rings. The van der Waals surface area contributed by atoms with Gasteiger partial charge in [0, 0.05) is 12.7 Å². The van der Waals surface area contributed by atoms with E-state index in [9.17, 15) is 13.2 Å². The Morgan fingerprint density at radius 3 is 2.58 bits per heavy atom. The number of alkyl halides is 3. The van der Waals surface area contributed by atoms with Crippen molar-refractivity contribution in [3.05, 3.63) is 23.7 Å². The van der Waals surface area contributed by atoms with Crippen molar-refractivity contribution in [2.75, 3.05) is 5.73 Å². The molecule has 0 atom stereocenters. The summed E-state index contributed by atoms with van der Waals surface area (Å²) in [4.78, 5) is 0. The Labute approximate surface area is 107 Å². The minimum atomic E-state index is -4.42. The fourth-order valence-corrected chi connectivity index (χ4v) is 1.78. The molecule has 0 saturated carbocycles. The Hall–Kier alpha value is -1.99. The van der Waals surface area contributed by atoms with Gasteiger partial charge in [0.05, 0.1) is 23.1 Å². The first kappa shape index (κ1) is 13.4. The zero-order chi connectivity index (χ0) is 14.2. The summed E-state index contributed by atoms with van der Waals surface area (Å²) in [5.74, 6) is 0.370. The van der Waals surface area contributed by atoms with Crippen LogP contribution < -0.4 is 5.73 Å². The highest BCUT2D eigenvalue weighted by molar-refractivity contribution is 5.57. The first-order chi connectivity index (χ1) is 8.84. The van der Waals surface area contributed by atoms with E-state index in [2.05, 4.69) is 10.2 Å². The van der Waals surface area contributed by atoms with E-state index in [4.69, 9.17) is 5.73 Å². The molecule has 0 radical (unpaired) electrons. The predicted octanol–water partition coefficient (Wildman–Crippen LogP) is 2.39. The number of nitrogens with zero attached hydrogens (tertiary/aromatic N) is 4. The van der Waals surface area contributed by atoms with E-state index in [1.165, 1.54) is 0 Å². The summed E-state index contributed by atoms with van der Waals surface area (Å²) in [5.41, 5.74) is 5.96. The molecule has 2 aromatic rings. The van der Waals surface area contributed by atoms with Crippen LogP contribution in [0.5, 0.6) is 0 Å². The van der Waals surface area contributed by atoms with E-state index in [0.29, 0.717) is 23.7 Å². The van der Waals surface area contributed by atoms with Crippen LogP contribution in [0.4, 0.5) is 18.9 Å². The summed E-state index contributed by atoms with van der Waals surface area (Å²) in [6.07, 6.45) is -1.93. The summed E-state index contributed by atoms with van der Waals surface area (Å²) in [7, 11) is 0. The maximum Gasteiger partial charge on any atom is 0.419 e. The lowest BCUT2D eigenvalue weighted by Crippen LogP contribution is -2.09. The monoisotopic (exact) mass is 273 g/mol.